The van der Waals surface area contributed by atoms with Crippen molar-refractivity contribution in [2.45, 2.75) is 31.0 Å². The van der Waals surface area contributed by atoms with Crippen LogP contribution in [0, 0.1) is 0 Å². The molecule has 1 aliphatic rings. The van der Waals surface area contributed by atoms with Crippen LogP contribution in [-0.2, 0) is 22.9 Å². The maximum Gasteiger partial charge on any atom is 0.416 e. The fraction of sp³-hybridized carbons (Fsp3) is 0.278. The van der Waals surface area contributed by atoms with E-state index in [9.17, 15) is 18.0 Å². The van der Waals surface area contributed by atoms with E-state index in [0.717, 1.165) is 30.5 Å². The van der Waals surface area contributed by atoms with E-state index in [0.29, 0.717) is 5.56 Å². The van der Waals surface area contributed by atoms with E-state index in [1.54, 1.807) is 6.07 Å². The smallest absolute Gasteiger partial charge is 0.351 e. The monoisotopic (exact) mass is 319 g/mol. The first-order valence-corrected chi connectivity index (χ1v) is 7.42. The number of benzene rings is 2. The molecule has 23 heavy (non-hydrogen) atoms. The third-order valence-electron chi connectivity index (χ3n) is 4.22. The lowest BCUT2D eigenvalue weighted by molar-refractivity contribution is -0.137. The van der Waals surface area contributed by atoms with Gasteiger partial charge < -0.3 is 5.32 Å². The first-order chi connectivity index (χ1) is 10.9. The van der Waals surface area contributed by atoms with Crippen molar-refractivity contribution in [2.75, 3.05) is 0 Å². The predicted molar refractivity (Wildman–Crippen MR) is 80.6 cm³/mol. The molecule has 2 aromatic rings. The highest BCUT2D eigenvalue weighted by Gasteiger charge is 2.50. The molecule has 1 saturated carbocycles. The van der Waals surface area contributed by atoms with Crippen molar-refractivity contribution in [3.05, 3.63) is 71.3 Å². The van der Waals surface area contributed by atoms with E-state index in [1.165, 1.54) is 6.07 Å². The maximum absolute atomic E-state index is 12.7. The van der Waals surface area contributed by atoms with Crippen LogP contribution in [0.2, 0.25) is 0 Å². The fourth-order valence-electron chi connectivity index (χ4n) is 2.74. The second kappa shape index (κ2) is 5.72. The van der Waals surface area contributed by atoms with E-state index in [4.69, 9.17) is 0 Å². The quantitative estimate of drug-likeness (QED) is 0.905. The molecule has 0 aliphatic heterocycles. The Morgan fingerprint density at radius 2 is 1.74 bits per heavy atom. The molecule has 120 valence electrons. The number of amides is 1. The molecule has 1 fully saturated rings. The Kier molecular flexibility index (Phi) is 3.88. The minimum absolute atomic E-state index is 0.0946. The highest BCUT2D eigenvalue weighted by Crippen LogP contribution is 2.48. The van der Waals surface area contributed by atoms with E-state index in [-0.39, 0.29) is 12.5 Å². The highest BCUT2D eigenvalue weighted by atomic mass is 19.4. The fourth-order valence-corrected chi connectivity index (χ4v) is 2.74. The Hall–Kier alpha value is -2.30. The topological polar surface area (TPSA) is 29.1 Å². The lowest BCUT2D eigenvalue weighted by Gasteiger charge is -2.16. The molecule has 3 rings (SSSR count). The van der Waals surface area contributed by atoms with Gasteiger partial charge in [0.15, 0.2) is 0 Å². The molecule has 1 N–H and O–H groups in total. The first-order valence-electron chi connectivity index (χ1n) is 7.42. The van der Waals surface area contributed by atoms with Gasteiger partial charge in [-0.05, 0) is 36.1 Å². The number of nitrogens with one attached hydrogen (secondary N) is 1. The summed E-state index contributed by atoms with van der Waals surface area (Å²) in [4.78, 5) is 12.4. The molecule has 0 heterocycles. The predicted octanol–water partition coefficient (Wildman–Crippen LogP) is 4.05. The minimum atomic E-state index is -4.37. The van der Waals surface area contributed by atoms with Gasteiger partial charge >= 0.3 is 6.18 Å². The molecule has 0 spiro atoms. The second-order valence-electron chi connectivity index (χ2n) is 5.83. The molecular weight excluding hydrogens is 303 g/mol. The number of alkyl halides is 3. The van der Waals surface area contributed by atoms with Gasteiger partial charge in [-0.25, -0.2) is 0 Å². The van der Waals surface area contributed by atoms with Crippen molar-refractivity contribution in [3.8, 4) is 0 Å². The van der Waals surface area contributed by atoms with Crippen molar-refractivity contribution < 1.29 is 18.0 Å². The van der Waals surface area contributed by atoms with Crippen molar-refractivity contribution in [3.63, 3.8) is 0 Å². The Labute approximate surface area is 132 Å². The number of carbonyl (C=O) groups is 1. The lowest BCUT2D eigenvalue weighted by atomic mass is 9.95. The number of hydrogen-bond donors (Lipinski definition) is 1. The molecular formula is C18H16F3NO. The third-order valence-corrected chi connectivity index (χ3v) is 4.22. The van der Waals surface area contributed by atoms with Crippen LogP contribution in [0.3, 0.4) is 0 Å². The SMILES string of the molecule is O=C(NCc1cccc(C(F)(F)F)c1)C1(c2ccccc2)CC1. The van der Waals surface area contributed by atoms with Gasteiger partial charge in [-0.3, -0.25) is 4.79 Å². The standard InChI is InChI=1S/C18H16F3NO/c19-18(20,21)15-8-4-5-13(11-15)12-22-16(23)17(9-10-17)14-6-2-1-3-7-14/h1-8,11H,9-10,12H2,(H,22,23). The summed E-state index contributed by atoms with van der Waals surface area (Å²) < 4.78 is 38.1. The van der Waals surface area contributed by atoms with Crippen LogP contribution in [-0.4, -0.2) is 5.91 Å². The zero-order valence-corrected chi connectivity index (χ0v) is 12.4. The Morgan fingerprint density at radius 1 is 1.04 bits per heavy atom. The Balaban J connectivity index is 1.69. The minimum Gasteiger partial charge on any atom is -0.351 e. The molecule has 0 unspecified atom stereocenters. The van der Waals surface area contributed by atoms with Gasteiger partial charge in [0.1, 0.15) is 0 Å². The molecule has 0 bridgehead atoms. The van der Waals surface area contributed by atoms with Crippen molar-refractivity contribution in [1.29, 1.82) is 0 Å². The van der Waals surface area contributed by atoms with Gasteiger partial charge in [0.2, 0.25) is 5.91 Å². The van der Waals surface area contributed by atoms with Crippen LogP contribution < -0.4 is 5.32 Å². The average molecular weight is 319 g/mol. The highest BCUT2D eigenvalue weighted by molar-refractivity contribution is 5.91. The summed E-state index contributed by atoms with van der Waals surface area (Å²) >= 11 is 0. The molecule has 0 radical (unpaired) electrons. The second-order valence-corrected chi connectivity index (χ2v) is 5.83. The van der Waals surface area contributed by atoms with E-state index in [1.807, 2.05) is 30.3 Å². The van der Waals surface area contributed by atoms with Gasteiger partial charge in [-0.2, -0.15) is 13.2 Å². The molecule has 0 aromatic heterocycles. The lowest BCUT2D eigenvalue weighted by Crippen LogP contribution is -2.34. The average Bonchev–Trinajstić information content (AvgIpc) is 3.35. The van der Waals surface area contributed by atoms with Gasteiger partial charge in [0.05, 0.1) is 11.0 Å². The third kappa shape index (κ3) is 3.23. The molecule has 2 nitrogen and oxygen atoms in total. The van der Waals surface area contributed by atoms with Gasteiger partial charge in [0, 0.05) is 6.54 Å². The molecule has 5 heteroatoms. The summed E-state index contributed by atoms with van der Waals surface area (Å²) in [5, 5.41) is 2.77. The van der Waals surface area contributed by atoms with Crippen LogP contribution >= 0.6 is 0 Å². The molecule has 0 saturated heterocycles. The molecule has 0 atom stereocenters. The zero-order valence-electron chi connectivity index (χ0n) is 12.4. The van der Waals surface area contributed by atoms with Gasteiger partial charge in [0.25, 0.3) is 0 Å². The Morgan fingerprint density at radius 3 is 2.35 bits per heavy atom. The van der Waals surface area contributed by atoms with Crippen molar-refractivity contribution in [1.82, 2.24) is 5.32 Å². The molecule has 2 aromatic carbocycles. The van der Waals surface area contributed by atoms with E-state index >= 15 is 0 Å². The molecule has 1 amide bonds. The Bertz CT molecular complexity index is 706. The van der Waals surface area contributed by atoms with Crippen LogP contribution in [0.4, 0.5) is 13.2 Å². The normalized spacial score (nSPS) is 16.0. The van der Waals surface area contributed by atoms with Gasteiger partial charge in [-0.15, -0.1) is 0 Å². The van der Waals surface area contributed by atoms with Crippen molar-refractivity contribution in [2.24, 2.45) is 0 Å². The first kappa shape index (κ1) is 15.6. The largest absolute Gasteiger partial charge is 0.416 e. The zero-order chi connectivity index (χ0) is 16.5. The maximum atomic E-state index is 12.7. The van der Waals surface area contributed by atoms with Crippen LogP contribution in [0.1, 0.15) is 29.5 Å². The summed E-state index contributed by atoms with van der Waals surface area (Å²) in [7, 11) is 0. The number of hydrogen-bond acceptors (Lipinski definition) is 1. The summed E-state index contributed by atoms with van der Waals surface area (Å²) in [6.07, 6.45) is -2.83. The van der Waals surface area contributed by atoms with Crippen molar-refractivity contribution >= 4 is 5.91 Å². The van der Waals surface area contributed by atoms with E-state index in [2.05, 4.69) is 5.32 Å². The van der Waals surface area contributed by atoms with Crippen LogP contribution in [0.5, 0.6) is 0 Å². The summed E-state index contributed by atoms with van der Waals surface area (Å²) in [6, 6.07) is 14.5. The molecule has 1 aliphatic carbocycles. The number of halogens is 3. The van der Waals surface area contributed by atoms with Crippen LogP contribution in [0.25, 0.3) is 0 Å². The number of carbonyl (C=O) groups excluding carboxylic acids is 1. The van der Waals surface area contributed by atoms with Gasteiger partial charge in [-0.1, -0.05) is 42.5 Å². The summed E-state index contributed by atoms with van der Waals surface area (Å²) in [5.41, 5.74) is 0.190. The summed E-state index contributed by atoms with van der Waals surface area (Å²) in [5.74, 6) is -0.124. The van der Waals surface area contributed by atoms with Crippen LogP contribution in [0.15, 0.2) is 54.6 Å². The summed E-state index contributed by atoms with van der Waals surface area (Å²) in [6.45, 7) is 0.0946. The number of rotatable bonds is 4. The van der Waals surface area contributed by atoms with E-state index < -0.39 is 17.2 Å².